The van der Waals surface area contributed by atoms with Gasteiger partial charge in [0.1, 0.15) is 5.82 Å². The maximum absolute atomic E-state index is 13.4. The molecule has 1 aromatic carbocycles. The zero-order valence-corrected chi connectivity index (χ0v) is 14.0. The van der Waals surface area contributed by atoms with Gasteiger partial charge in [0, 0.05) is 5.56 Å². The summed E-state index contributed by atoms with van der Waals surface area (Å²) < 4.78 is 13.4. The van der Waals surface area contributed by atoms with Crippen molar-refractivity contribution < 1.29 is 4.39 Å². The lowest BCUT2D eigenvalue weighted by Crippen LogP contribution is -2.14. The van der Waals surface area contributed by atoms with Crippen LogP contribution in [0.3, 0.4) is 0 Å². The van der Waals surface area contributed by atoms with Crippen molar-refractivity contribution in [1.82, 2.24) is 0 Å². The summed E-state index contributed by atoms with van der Waals surface area (Å²) in [6.07, 6.45) is 6.33. The fourth-order valence-electron chi connectivity index (χ4n) is 2.59. The highest BCUT2D eigenvalue weighted by Crippen LogP contribution is 2.34. The lowest BCUT2D eigenvalue weighted by Gasteiger charge is -2.27. The molecule has 0 bridgehead atoms. The Balaban J connectivity index is 3.07. The van der Waals surface area contributed by atoms with Crippen LogP contribution in [0.1, 0.15) is 64.5 Å². The van der Waals surface area contributed by atoms with Gasteiger partial charge >= 0.3 is 0 Å². The van der Waals surface area contributed by atoms with Crippen molar-refractivity contribution in [2.75, 3.05) is 0 Å². The van der Waals surface area contributed by atoms with Gasteiger partial charge in [0.25, 0.3) is 0 Å². The highest BCUT2D eigenvalue weighted by molar-refractivity contribution is 5.44. The fourth-order valence-corrected chi connectivity index (χ4v) is 2.59. The second-order valence-corrected chi connectivity index (χ2v) is 6.16. The molecule has 0 aromatic heterocycles. The third kappa shape index (κ3) is 5.38. The van der Waals surface area contributed by atoms with Crippen LogP contribution in [0.15, 0.2) is 29.8 Å². The van der Waals surface area contributed by atoms with E-state index in [2.05, 4.69) is 39.5 Å². The number of allylic oxidation sites excluding steroid dienone is 2. The van der Waals surface area contributed by atoms with Crippen molar-refractivity contribution in [2.45, 2.75) is 53.4 Å². The number of hydrogen-bond acceptors (Lipinski definition) is 1. The van der Waals surface area contributed by atoms with Gasteiger partial charge in [0.05, 0.1) is 11.6 Å². The number of rotatable bonds is 5. The molecule has 116 valence electrons. The van der Waals surface area contributed by atoms with Crippen LogP contribution < -0.4 is 0 Å². The first kappa shape index (κ1) is 18.0. The van der Waals surface area contributed by atoms with Crippen molar-refractivity contribution in [3.8, 4) is 17.9 Å². The van der Waals surface area contributed by atoms with Crippen LogP contribution in [0.4, 0.5) is 4.39 Å². The fraction of sp³-hybridized carbons (Fsp3) is 0.450. The molecule has 0 atom stereocenters. The molecule has 22 heavy (non-hydrogen) atoms. The molecule has 0 spiro atoms. The minimum Gasteiger partial charge on any atom is -0.207 e. The summed E-state index contributed by atoms with van der Waals surface area (Å²) in [5, 5.41) is 8.86. The molecule has 0 heterocycles. The zero-order valence-electron chi connectivity index (χ0n) is 14.0. The van der Waals surface area contributed by atoms with E-state index in [-0.39, 0.29) is 5.41 Å². The Kier molecular flexibility index (Phi) is 6.87. The number of hydrogen-bond donors (Lipinski definition) is 0. The average molecular weight is 297 g/mol. The molecule has 0 amide bonds. The third-order valence-corrected chi connectivity index (χ3v) is 3.75. The maximum atomic E-state index is 13.4. The summed E-state index contributed by atoms with van der Waals surface area (Å²) in [5.41, 5.74) is 2.31. The standard InChI is InChI=1S/C20H24FN/c1-5-8-18(20(3,4)11-6-2)10-7-9-16-12-17(15-22)14-19(21)13-16/h10,12-14H,5-6,8,11H2,1-4H3/b18-10+. The van der Waals surface area contributed by atoms with E-state index in [4.69, 9.17) is 5.26 Å². The lowest BCUT2D eigenvalue weighted by atomic mass is 9.78. The van der Waals surface area contributed by atoms with Crippen molar-refractivity contribution in [1.29, 1.82) is 5.26 Å². The first-order valence-corrected chi connectivity index (χ1v) is 7.84. The minimum atomic E-state index is -0.424. The maximum Gasteiger partial charge on any atom is 0.125 e. The van der Waals surface area contributed by atoms with Gasteiger partial charge in [-0.3, -0.25) is 0 Å². The molecule has 1 nitrogen and oxygen atoms in total. The summed E-state index contributed by atoms with van der Waals surface area (Å²) in [7, 11) is 0. The zero-order chi connectivity index (χ0) is 16.6. The molecule has 0 fully saturated rings. The Morgan fingerprint density at radius 3 is 2.45 bits per heavy atom. The van der Waals surface area contributed by atoms with Crippen LogP contribution in [0.2, 0.25) is 0 Å². The van der Waals surface area contributed by atoms with Gasteiger partial charge in [0.2, 0.25) is 0 Å². The van der Waals surface area contributed by atoms with Crippen molar-refractivity contribution >= 4 is 0 Å². The van der Waals surface area contributed by atoms with Crippen molar-refractivity contribution in [2.24, 2.45) is 5.41 Å². The molecular formula is C20H24FN. The normalized spacial score (nSPS) is 11.5. The van der Waals surface area contributed by atoms with Crippen LogP contribution in [0.25, 0.3) is 0 Å². The van der Waals surface area contributed by atoms with Crippen molar-refractivity contribution in [3.05, 3.63) is 46.8 Å². The second kappa shape index (κ2) is 8.40. The summed E-state index contributed by atoms with van der Waals surface area (Å²) in [6.45, 7) is 8.84. The van der Waals surface area contributed by atoms with Gasteiger partial charge in [-0.15, -0.1) is 0 Å². The summed E-state index contributed by atoms with van der Waals surface area (Å²) in [4.78, 5) is 0. The molecule has 0 aliphatic rings. The molecule has 1 rings (SSSR count). The lowest BCUT2D eigenvalue weighted by molar-refractivity contribution is 0.388. The molecular weight excluding hydrogens is 273 g/mol. The van der Waals surface area contributed by atoms with E-state index in [1.807, 2.05) is 12.1 Å². The summed E-state index contributed by atoms with van der Waals surface area (Å²) in [6, 6.07) is 6.13. The third-order valence-electron chi connectivity index (χ3n) is 3.75. The van der Waals surface area contributed by atoms with Gasteiger partial charge in [-0.25, -0.2) is 4.39 Å². The number of halogens is 1. The van der Waals surface area contributed by atoms with E-state index >= 15 is 0 Å². The Labute approximate surface area is 133 Å². The molecule has 2 heteroatoms. The van der Waals surface area contributed by atoms with E-state index in [0.717, 1.165) is 25.7 Å². The predicted molar refractivity (Wildman–Crippen MR) is 89.7 cm³/mol. The first-order valence-electron chi connectivity index (χ1n) is 7.84. The quantitative estimate of drug-likeness (QED) is 0.649. The van der Waals surface area contributed by atoms with Gasteiger partial charge in [-0.1, -0.05) is 58.0 Å². The first-order chi connectivity index (χ1) is 10.4. The molecule has 0 aliphatic heterocycles. The largest absolute Gasteiger partial charge is 0.207 e. The second-order valence-electron chi connectivity index (χ2n) is 6.16. The van der Waals surface area contributed by atoms with Crippen molar-refractivity contribution in [3.63, 3.8) is 0 Å². The number of nitriles is 1. The van der Waals surface area contributed by atoms with Crippen LogP contribution in [0, 0.1) is 34.4 Å². The highest BCUT2D eigenvalue weighted by atomic mass is 19.1. The van der Waals surface area contributed by atoms with Crippen LogP contribution in [0.5, 0.6) is 0 Å². The van der Waals surface area contributed by atoms with Crippen LogP contribution in [-0.2, 0) is 0 Å². The van der Waals surface area contributed by atoms with Crippen LogP contribution in [-0.4, -0.2) is 0 Å². The van der Waals surface area contributed by atoms with Gasteiger partial charge in [-0.05, 0) is 42.5 Å². The average Bonchev–Trinajstić information content (AvgIpc) is 2.45. The molecule has 0 saturated carbocycles. The van der Waals surface area contributed by atoms with E-state index in [0.29, 0.717) is 11.1 Å². The Morgan fingerprint density at radius 2 is 1.86 bits per heavy atom. The summed E-state index contributed by atoms with van der Waals surface area (Å²) in [5.74, 6) is 5.56. The monoisotopic (exact) mass is 297 g/mol. The smallest absolute Gasteiger partial charge is 0.125 e. The molecule has 1 aromatic rings. The van der Waals surface area contributed by atoms with E-state index in [1.165, 1.54) is 17.7 Å². The number of nitrogens with zero attached hydrogens (tertiary/aromatic N) is 1. The summed E-state index contributed by atoms with van der Waals surface area (Å²) >= 11 is 0. The molecule has 0 N–H and O–H groups in total. The number of benzene rings is 1. The van der Waals surface area contributed by atoms with Crippen LogP contribution >= 0.6 is 0 Å². The van der Waals surface area contributed by atoms with E-state index in [9.17, 15) is 4.39 Å². The molecule has 0 aliphatic carbocycles. The van der Waals surface area contributed by atoms with E-state index in [1.54, 1.807) is 6.07 Å². The Morgan fingerprint density at radius 1 is 1.18 bits per heavy atom. The van der Waals surface area contributed by atoms with E-state index < -0.39 is 5.82 Å². The Bertz CT molecular complexity index is 636. The highest BCUT2D eigenvalue weighted by Gasteiger charge is 2.20. The SMILES string of the molecule is CCC/C(=C\C#Cc1cc(F)cc(C#N)c1)C(C)(C)CCC. The van der Waals surface area contributed by atoms with Gasteiger partial charge < -0.3 is 0 Å². The van der Waals surface area contributed by atoms with Gasteiger partial charge in [0.15, 0.2) is 0 Å². The Hall–Kier alpha value is -2.06. The topological polar surface area (TPSA) is 23.8 Å². The molecule has 0 saturated heterocycles. The molecule has 0 radical (unpaired) electrons. The minimum absolute atomic E-state index is 0.138. The van der Waals surface area contributed by atoms with Gasteiger partial charge in [-0.2, -0.15) is 5.26 Å². The molecule has 0 unspecified atom stereocenters. The predicted octanol–water partition coefficient (Wildman–Crippen LogP) is 5.60.